The molecule has 0 bridgehead atoms. The second kappa shape index (κ2) is 4.73. The molecule has 1 aliphatic carbocycles. The maximum Gasteiger partial charge on any atom is 0.494 e. The fourth-order valence-corrected chi connectivity index (χ4v) is 3.65. The Hall–Kier alpha value is -1.07. The van der Waals surface area contributed by atoms with Gasteiger partial charge in [-0.3, -0.25) is 0 Å². The Balaban J connectivity index is 1.76. The van der Waals surface area contributed by atoms with E-state index in [1.54, 1.807) is 0 Å². The van der Waals surface area contributed by atoms with Crippen molar-refractivity contribution < 1.29 is 18.4 Å². The molecule has 0 radical (unpaired) electrons. The highest BCUT2D eigenvalue weighted by molar-refractivity contribution is 6.62. The van der Waals surface area contributed by atoms with Crippen molar-refractivity contribution in [1.82, 2.24) is 0 Å². The van der Waals surface area contributed by atoms with E-state index >= 15 is 0 Å². The molecule has 1 spiro atoms. The molecule has 4 rings (SSSR count). The van der Waals surface area contributed by atoms with Crippen molar-refractivity contribution in [1.29, 1.82) is 0 Å². The summed E-state index contributed by atoms with van der Waals surface area (Å²) in [6.07, 6.45) is 3.36. The van der Waals surface area contributed by atoms with E-state index in [-0.39, 0.29) is 5.41 Å². The third-order valence-electron chi connectivity index (χ3n) is 6.11. The summed E-state index contributed by atoms with van der Waals surface area (Å²) < 4.78 is 31.7. The molecule has 3 nitrogen and oxygen atoms in total. The largest absolute Gasteiger partial charge is 0.494 e. The van der Waals surface area contributed by atoms with Crippen LogP contribution in [0.15, 0.2) is 12.1 Å². The molecule has 23 heavy (non-hydrogen) atoms. The van der Waals surface area contributed by atoms with Gasteiger partial charge in [-0.05, 0) is 52.4 Å². The van der Waals surface area contributed by atoms with Crippen molar-refractivity contribution in [3.05, 3.63) is 23.3 Å². The van der Waals surface area contributed by atoms with Gasteiger partial charge in [-0.2, -0.15) is 0 Å². The molecule has 3 aliphatic rings. The van der Waals surface area contributed by atoms with Gasteiger partial charge in [0.1, 0.15) is 12.4 Å². The molecule has 1 saturated heterocycles. The van der Waals surface area contributed by atoms with E-state index < -0.39 is 25.0 Å². The first-order chi connectivity index (χ1) is 10.8. The maximum absolute atomic E-state index is 13.6. The van der Waals surface area contributed by atoms with Gasteiger partial charge >= 0.3 is 7.12 Å². The first kappa shape index (κ1) is 15.5. The molecule has 0 atom stereocenters. The Morgan fingerprint density at radius 2 is 1.70 bits per heavy atom. The molecule has 0 amide bonds. The zero-order valence-corrected chi connectivity index (χ0v) is 14.4. The summed E-state index contributed by atoms with van der Waals surface area (Å²) in [6, 6.07) is 3.98. The van der Waals surface area contributed by atoms with Gasteiger partial charge in [0.25, 0.3) is 0 Å². The first-order valence-corrected chi connectivity index (χ1v) is 8.50. The quantitative estimate of drug-likeness (QED) is 0.783. The normalized spacial score (nSPS) is 26.0. The van der Waals surface area contributed by atoms with Crippen molar-refractivity contribution in [2.75, 3.05) is 6.61 Å². The summed E-state index contributed by atoms with van der Waals surface area (Å²) in [5.41, 5.74) is 2.11. The van der Waals surface area contributed by atoms with Crippen LogP contribution in [0.1, 0.15) is 58.1 Å². The van der Waals surface area contributed by atoms with E-state index in [9.17, 15) is 4.39 Å². The lowest BCUT2D eigenvalue weighted by atomic mass is 9.74. The minimum Gasteiger partial charge on any atom is -0.493 e. The number of halogens is 1. The van der Waals surface area contributed by atoms with Crippen LogP contribution in [-0.4, -0.2) is 24.9 Å². The van der Waals surface area contributed by atoms with Gasteiger partial charge in [0.05, 0.1) is 17.8 Å². The van der Waals surface area contributed by atoms with Gasteiger partial charge < -0.3 is 14.0 Å². The summed E-state index contributed by atoms with van der Waals surface area (Å²) in [4.78, 5) is 0. The molecule has 2 aliphatic heterocycles. The van der Waals surface area contributed by atoms with Crippen LogP contribution < -0.4 is 10.2 Å². The van der Waals surface area contributed by atoms with E-state index in [2.05, 4.69) is 6.07 Å². The third-order valence-corrected chi connectivity index (χ3v) is 6.11. The Bertz CT molecular complexity index is 636. The van der Waals surface area contributed by atoms with Crippen LogP contribution in [0.4, 0.5) is 4.39 Å². The van der Waals surface area contributed by atoms with Gasteiger partial charge in [-0.1, -0.05) is 12.1 Å². The third kappa shape index (κ3) is 2.24. The number of fused-ring (bicyclic) bond motifs is 2. The maximum atomic E-state index is 13.6. The van der Waals surface area contributed by atoms with Crippen molar-refractivity contribution in [2.45, 2.75) is 70.2 Å². The molecule has 0 aromatic heterocycles. The molecule has 0 unspecified atom stereocenters. The van der Waals surface area contributed by atoms with Crippen molar-refractivity contribution in [2.24, 2.45) is 0 Å². The van der Waals surface area contributed by atoms with Crippen LogP contribution in [0.25, 0.3) is 0 Å². The molecule has 1 aromatic rings. The minimum atomic E-state index is -0.522. The van der Waals surface area contributed by atoms with Crippen LogP contribution in [-0.2, 0) is 21.4 Å². The lowest BCUT2D eigenvalue weighted by Gasteiger charge is -2.32. The fraction of sp³-hybridized carbons (Fsp3) is 0.667. The van der Waals surface area contributed by atoms with Gasteiger partial charge in [-0.25, -0.2) is 4.39 Å². The lowest BCUT2D eigenvalue weighted by molar-refractivity contribution is 0.00578. The number of ether oxygens (including phenoxy) is 1. The number of rotatable bonds is 2. The zero-order chi connectivity index (χ0) is 16.5. The topological polar surface area (TPSA) is 27.7 Å². The Kier molecular flexibility index (Phi) is 3.18. The highest BCUT2D eigenvalue weighted by atomic mass is 19.1. The first-order valence-electron chi connectivity index (χ1n) is 8.50. The van der Waals surface area contributed by atoms with E-state index in [0.29, 0.717) is 12.2 Å². The Labute approximate surface area is 137 Å². The van der Waals surface area contributed by atoms with Gasteiger partial charge in [0.2, 0.25) is 0 Å². The summed E-state index contributed by atoms with van der Waals surface area (Å²) in [7, 11) is -0.451. The predicted molar refractivity (Wildman–Crippen MR) is 88.0 cm³/mol. The van der Waals surface area contributed by atoms with E-state index in [1.165, 1.54) is 12.8 Å². The van der Waals surface area contributed by atoms with Crippen molar-refractivity contribution >= 4 is 12.6 Å². The SMILES string of the molecule is CC1(C)OB(c2cc(CF)c3c(c2)C2(CCO3)CC2)OC1(C)C. The Morgan fingerprint density at radius 1 is 1.04 bits per heavy atom. The van der Waals surface area contributed by atoms with E-state index in [0.717, 1.165) is 23.2 Å². The molecule has 0 N–H and O–H groups in total. The summed E-state index contributed by atoms with van der Waals surface area (Å²) in [5, 5.41) is 0. The van der Waals surface area contributed by atoms with Gasteiger partial charge in [-0.15, -0.1) is 0 Å². The van der Waals surface area contributed by atoms with Gasteiger partial charge in [0.15, 0.2) is 0 Å². The fourth-order valence-electron chi connectivity index (χ4n) is 3.65. The second-order valence-electron chi connectivity index (χ2n) is 8.16. The predicted octanol–water partition coefficient (Wildman–Crippen LogP) is 3.27. The van der Waals surface area contributed by atoms with Gasteiger partial charge in [0, 0.05) is 16.5 Å². The summed E-state index contributed by atoms with van der Waals surface area (Å²) >= 11 is 0. The molecule has 1 aromatic carbocycles. The Morgan fingerprint density at radius 3 is 2.26 bits per heavy atom. The molecule has 2 heterocycles. The standard InChI is InChI=1S/C18H24BFO3/c1-16(2)17(3,4)23-19(22-16)13-9-12(11-20)15-14(10-13)18(5-6-18)7-8-21-15/h9-10H,5-8,11H2,1-4H3. The molecule has 2 fully saturated rings. The number of benzene rings is 1. The van der Waals surface area contributed by atoms with Crippen LogP contribution in [0.2, 0.25) is 0 Å². The van der Waals surface area contributed by atoms with Crippen LogP contribution in [0, 0.1) is 0 Å². The van der Waals surface area contributed by atoms with Crippen molar-refractivity contribution in [3.8, 4) is 5.75 Å². The highest BCUT2D eigenvalue weighted by Gasteiger charge is 2.53. The monoisotopic (exact) mass is 318 g/mol. The minimum absolute atomic E-state index is 0.206. The molecule has 5 heteroatoms. The highest BCUT2D eigenvalue weighted by Crippen LogP contribution is 2.56. The molecular weight excluding hydrogens is 294 g/mol. The van der Waals surface area contributed by atoms with Crippen LogP contribution >= 0.6 is 0 Å². The average Bonchev–Trinajstić information content (AvgIpc) is 3.21. The smallest absolute Gasteiger partial charge is 0.493 e. The number of hydrogen-bond donors (Lipinski definition) is 0. The van der Waals surface area contributed by atoms with E-state index in [1.807, 2.05) is 33.8 Å². The molecule has 124 valence electrons. The van der Waals surface area contributed by atoms with Crippen LogP contribution in [0.3, 0.4) is 0 Å². The number of hydrogen-bond acceptors (Lipinski definition) is 3. The summed E-state index contributed by atoms with van der Waals surface area (Å²) in [6.45, 7) is 8.31. The molecule has 1 saturated carbocycles. The van der Waals surface area contributed by atoms with E-state index in [4.69, 9.17) is 14.0 Å². The molecular formula is C18H24BFO3. The summed E-state index contributed by atoms with van der Waals surface area (Å²) in [5.74, 6) is 0.761. The van der Waals surface area contributed by atoms with Crippen LogP contribution in [0.5, 0.6) is 5.75 Å². The lowest BCUT2D eigenvalue weighted by Crippen LogP contribution is -2.41. The number of alkyl halides is 1. The average molecular weight is 318 g/mol. The second-order valence-corrected chi connectivity index (χ2v) is 8.16. The zero-order valence-electron chi connectivity index (χ0n) is 14.4. The van der Waals surface area contributed by atoms with Crippen molar-refractivity contribution in [3.63, 3.8) is 0 Å².